The van der Waals surface area contributed by atoms with Crippen molar-refractivity contribution in [2.24, 2.45) is 5.73 Å². The molecule has 3 aromatic rings. The second kappa shape index (κ2) is 5.00. The lowest BCUT2D eigenvalue weighted by atomic mass is 9.91. The highest BCUT2D eigenvalue weighted by atomic mass is 32.1. The Morgan fingerprint density at radius 3 is 2.45 bits per heavy atom. The summed E-state index contributed by atoms with van der Waals surface area (Å²) in [7, 11) is 0. The van der Waals surface area contributed by atoms with E-state index in [-0.39, 0.29) is 11.9 Å². The largest absolute Gasteiger partial charge is 0.320 e. The van der Waals surface area contributed by atoms with Gasteiger partial charge in [-0.25, -0.2) is 4.39 Å². The zero-order valence-electron chi connectivity index (χ0n) is 11.5. The van der Waals surface area contributed by atoms with Crippen molar-refractivity contribution in [3.63, 3.8) is 0 Å². The van der Waals surface area contributed by atoms with Crippen molar-refractivity contribution in [2.75, 3.05) is 0 Å². The molecule has 1 heterocycles. The predicted molar refractivity (Wildman–Crippen MR) is 83.7 cm³/mol. The van der Waals surface area contributed by atoms with E-state index >= 15 is 0 Å². The van der Waals surface area contributed by atoms with Crippen LogP contribution >= 0.6 is 11.3 Å². The molecule has 0 saturated carbocycles. The van der Waals surface area contributed by atoms with Crippen LogP contribution < -0.4 is 5.73 Å². The summed E-state index contributed by atoms with van der Waals surface area (Å²) in [6.45, 7) is 3.83. The van der Waals surface area contributed by atoms with Gasteiger partial charge in [-0.1, -0.05) is 18.2 Å². The first-order valence-corrected chi connectivity index (χ1v) is 7.44. The summed E-state index contributed by atoms with van der Waals surface area (Å²) in [6, 6.07) is 11.1. The zero-order valence-corrected chi connectivity index (χ0v) is 12.3. The first-order chi connectivity index (χ1) is 9.58. The molecule has 0 saturated heterocycles. The molecule has 1 nitrogen and oxygen atoms in total. The van der Waals surface area contributed by atoms with Crippen LogP contribution in [0.1, 0.15) is 28.3 Å². The van der Waals surface area contributed by atoms with Gasteiger partial charge in [-0.15, -0.1) is 11.3 Å². The third-order valence-corrected chi connectivity index (χ3v) is 4.70. The standard InChI is InChI=1S/C17H16FNS/c1-10-7-12(18)8-11(2)16(10)17(19)14-9-20-15-6-4-3-5-13(14)15/h3-9,17H,19H2,1-2H3. The van der Waals surface area contributed by atoms with E-state index in [1.54, 1.807) is 23.5 Å². The summed E-state index contributed by atoms with van der Waals surface area (Å²) in [5.41, 5.74) is 10.4. The average molecular weight is 285 g/mol. The fourth-order valence-corrected chi connectivity index (χ4v) is 3.80. The molecule has 0 aliphatic rings. The van der Waals surface area contributed by atoms with E-state index in [0.717, 1.165) is 22.3 Å². The summed E-state index contributed by atoms with van der Waals surface area (Å²) < 4.78 is 14.7. The summed E-state index contributed by atoms with van der Waals surface area (Å²) in [4.78, 5) is 0. The highest BCUT2D eigenvalue weighted by Gasteiger charge is 2.18. The van der Waals surface area contributed by atoms with E-state index in [9.17, 15) is 4.39 Å². The van der Waals surface area contributed by atoms with Gasteiger partial charge in [0.25, 0.3) is 0 Å². The van der Waals surface area contributed by atoms with Crippen LogP contribution in [0.2, 0.25) is 0 Å². The van der Waals surface area contributed by atoms with Gasteiger partial charge in [0, 0.05) is 4.70 Å². The number of aryl methyl sites for hydroxylation is 2. The van der Waals surface area contributed by atoms with Gasteiger partial charge in [0.1, 0.15) is 5.82 Å². The minimum atomic E-state index is -0.216. The quantitative estimate of drug-likeness (QED) is 0.725. The molecule has 2 N–H and O–H groups in total. The Morgan fingerprint density at radius 2 is 1.75 bits per heavy atom. The maximum atomic E-state index is 13.4. The molecule has 3 heteroatoms. The van der Waals surface area contributed by atoms with Crippen LogP contribution in [-0.4, -0.2) is 0 Å². The summed E-state index contributed by atoms with van der Waals surface area (Å²) >= 11 is 1.70. The van der Waals surface area contributed by atoms with E-state index in [2.05, 4.69) is 17.5 Å². The number of benzene rings is 2. The topological polar surface area (TPSA) is 26.0 Å². The molecule has 0 spiro atoms. The minimum absolute atomic E-state index is 0.203. The summed E-state index contributed by atoms with van der Waals surface area (Å²) in [5, 5.41) is 3.30. The van der Waals surface area contributed by atoms with E-state index < -0.39 is 0 Å². The fourth-order valence-electron chi connectivity index (χ4n) is 2.81. The molecule has 0 aliphatic carbocycles. The van der Waals surface area contributed by atoms with Crippen LogP contribution in [0, 0.1) is 19.7 Å². The number of hydrogen-bond donors (Lipinski definition) is 1. The monoisotopic (exact) mass is 285 g/mol. The van der Waals surface area contributed by atoms with Crippen LogP contribution in [0.15, 0.2) is 41.8 Å². The molecule has 102 valence electrons. The van der Waals surface area contributed by atoms with Gasteiger partial charge in [0.2, 0.25) is 0 Å². The van der Waals surface area contributed by atoms with E-state index in [1.165, 1.54) is 10.1 Å². The lowest BCUT2D eigenvalue weighted by molar-refractivity contribution is 0.623. The van der Waals surface area contributed by atoms with E-state index in [4.69, 9.17) is 5.73 Å². The van der Waals surface area contributed by atoms with Gasteiger partial charge in [0.15, 0.2) is 0 Å². The van der Waals surface area contributed by atoms with Crippen LogP contribution in [0.4, 0.5) is 4.39 Å². The molecule has 20 heavy (non-hydrogen) atoms. The smallest absolute Gasteiger partial charge is 0.123 e. The van der Waals surface area contributed by atoms with Gasteiger partial charge >= 0.3 is 0 Å². The summed E-state index contributed by atoms with van der Waals surface area (Å²) in [6.07, 6.45) is 0. The second-order valence-electron chi connectivity index (χ2n) is 5.12. The molecular formula is C17H16FNS. The molecule has 2 aromatic carbocycles. The molecule has 1 aromatic heterocycles. The first-order valence-electron chi connectivity index (χ1n) is 6.56. The van der Waals surface area contributed by atoms with Gasteiger partial charge in [-0.2, -0.15) is 0 Å². The van der Waals surface area contributed by atoms with Crippen molar-refractivity contribution in [1.29, 1.82) is 0 Å². The molecule has 1 unspecified atom stereocenters. The van der Waals surface area contributed by atoms with Crippen LogP contribution in [-0.2, 0) is 0 Å². The first kappa shape index (κ1) is 13.3. The average Bonchev–Trinajstić information content (AvgIpc) is 2.81. The Hall–Kier alpha value is -1.71. The molecule has 0 aliphatic heterocycles. The number of rotatable bonds is 2. The van der Waals surface area contributed by atoms with Crippen molar-refractivity contribution in [1.82, 2.24) is 0 Å². The molecule has 0 bridgehead atoms. The maximum Gasteiger partial charge on any atom is 0.123 e. The highest BCUT2D eigenvalue weighted by Crippen LogP contribution is 2.34. The van der Waals surface area contributed by atoms with E-state index in [1.807, 2.05) is 26.0 Å². The molecule has 0 fully saturated rings. The Bertz CT molecular complexity index is 753. The van der Waals surface area contributed by atoms with Crippen LogP contribution in [0.3, 0.4) is 0 Å². The van der Waals surface area contributed by atoms with Crippen molar-refractivity contribution in [3.05, 3.63) is 69.8 Å². The zero-order chi connectivity index (χ0) is 14.3. The number of halogens is 1. The Kier molecular flexibility index (Phi) is 3.32. The lowest BCUT2D eigenvalue weighted by Gasteiger charge is -2.17. The molecule has 3 rings (SSSR count). The number of fused-ring (bicyclic) bond motifs is 1. The van der Waals surface area contributed by atoms with Crippen LogP contribution in [0.5, 0.6) is 0 Å². The minimum Gasteiger partial charge on any atom is -0.320 e. The number of hydrogen-bond acceptors (Lipinski definition) is 2. The maximum absolute atomic E-state index is 13.4. The second-order valence-corrected chi connectivity index (χ2v) is 6.03. The number of nitrogens with two attached hydrogens (primary N) is 1. The van der Waals surface area contributed by atoms with Crippen molar-refractivity contribution >= 4 is 21.4 Å². The van der Waals surface area contributed by atoms with Crippen molar-refractivity contribution in [2.45, 2.75) is 19.9 Å². The van der Waals surface area contributed by atoms with Crippen molar-refractivity contribution < 1.29 is 4.39 Å². The lowest BCUT2D eigenvalue weighted by Crippen LogP contribution is -2.14. The molecule has 0 amide bonds. The normalized spacial score (nSPS) is 12.8. The highest BCUT2D eigenvalue weighted by molar-refractivity contribution is 7.17. The van der Waals surface area contributed by atoms with Gasteiger partial charge in [0.05, 0.1) is 6.04 Å². The Balaban J connectivity index is 2.16. The van der Waals surface area contributed by atoms with Crippen LogP contribution in [0.25, 0.3) is 10.1 Å². The third kappa shape index (κ3) is 2.13. The molecule has 0 radical (unpaired) electrons. The predicted octanol–water partition coefficient (Wildman–Crippen LogP) is 4.71. The SMILES string of the molecule is Cc1cc(F)cc(C)c1C(N)c1csc2ccccc12. The molecule has 1 atom stereocenters. The molecular weight excluding hydrogens is 269 g/mol. The Labute approximate surface area is 121 Å². The van der Waals surface area contributed by atoms with E-state index in [0.29, 0.717) is 0 Å². The van der Waals surface area contributed by atoms with Gasteiger partial charge < -0.3 is 5.73 Å². The summed E-state index contributed by atoms with van der Waals surface area (Å²) in [5.74, 6) is -0.203. The van der Waals surface area contributed by atoms with Crippen molar-refractivity contribution in [3.8, 4) is 0 Å². The fraction of sp³-hybridized carbons (Fsp3) is 0.176. The Morgan fingerprint density at radius 1 is 1.10 bits per heavy atom. The van der Waals surface area contributed by atoms with Gasteiger partial charge in [-0.3, -0.25) is 0 Å². The number of thiophene rings is 1. The van der Waals surface area contributed by atoms with Gasteiger partial charge in [-0.05, 0) is 65.1 Å². The third-order valence-electron chi connectivity index (χ3n) is 3.72.